The van der Waals surface area contributed by atoms with E-state index in [1.165, 1.54) is 4.90 Å². The molecule has 1 heterocycles. The van der Waals surface area contributed by atoms with Gasteiger partial charge in [-0.25, -0.2) is 14.4 Å². The first kappa shape index (κ1) is 50.8. The van der Waals surface area contributed by atoms with Crippen LogP contribution in [0.4, 0.5) is 9.59 Å². The summed E-state index contributed by atoms with van der Waals surface area (Å²) < 4.78 is 39.2. The van der Waals surface area contributed by atoms with E-state index in [0.717, 1.165) is 5.56 Å². The van der Waals surface area contributed by atoms with Gasteiger partial charge in [0.2, 0.25) is 18.6 Å². The van der Waals surface area contributed by atoms with E-state index in [1.54, 1.807) is 62.7 Å². The van der Waals surface area contributed by atoms with Crippen LogP contribution in [0.25, 0.3) is 0 Å². The third-order valence-electron chi connectivity index (χ3n) is 10.4. The number of carbonyl (C=O) groups excluding carboxylic acids is 5. The molecule has 4 N–H and O–H groups in total. The lowest BCUT2D eigenvalue weighted by molar-refractivity contribution is -0.156. The minimum Gasteiger partial charge on any atom is -0.493 e. The summed E-state index contributed by atoms with van der Waals surface area (Å²) in [5, 5.41) is 5.43. The zero-order valence-electron chi connectivity index (χ0n) is 37.6. The Hall–Kier alpha value is -4.31. The Kier molecular flexibility index (Phi) is 20.2. The summed E-state index contributed by atoms with van der Waals surface area (Å²) in [4.78, 5) is 66.3. The van der Waals surface area contributed by atoms with Crippen LogP contribution in [0, 0.1) is 35.0 Å². The number of amides is 4. The van der Waals surface area contributed by atoms with Crippen molar-refractivity contribution >= 4 is 30.0 Å². The quantitative estimate of drug-likeness (QED) is 0.0679. The second-order valence-corrected chi connectivity index (χ2v) is 17.9. The van der Waals surface area contributed by atoms with E-state index < -0.39 is 66.0 Å². The predicted octanol–water partition coefficient (Wildman–Crippen LogP) is 5.82. The van der Waals surface area contributed by atoms with Crippen LogP contribution >= 0.6 is 0 Å². The summed E-state index contributed by atoms with van der Waals surface area (Å²) in [6.45, 7) is 20.3. The standard InChI is InChI=1S/C43H72N4O12/c1-26(2)30(19-29-15-16-33(54-13)35(20-29)55-18-14-17-53-12)21-32-34(22-31(27(3)4)37(48)45-23-43(10,11)39(44)50)56-24-47(32)41(52)58-25-57-38(49)36(28(5)6)46-40(51)59-42(7,8)9/h15-16,20,26-28,30-32,34,36H,14,17-19,21-25H2,1-13H3,(H2,44,50)(H,45,48)(H,46,51). The molecule has 5 atom stereocenters. The summed E-state index contributed by atoms with van der Waals surface area (Å²) in [5.74, 6) is -1.13. The van der Waals surface area contributed by atoms with Crippen molar-refractivity contribution in [3.8, 4) is 11.5 Å². The molecule has 1 aromatic carbocycles. The minimum absolute atomic E-state index is 0.0282. The Labute approximate surface area is 351 Å². The number of hydrogen-bond acceptors (Lipinski definition) is 12. The van der Waals surface area contributed by atoms with Gasteiger partial charge in [-0.3, -0.25) is 14.5 Å². The molecule has 0 spiro atoms. The van der Waals surface area contributed by atoms with Crippen LogP contribution in [0.5, 0.6) is 11.5 Å². The van der Waals surface area contributed by atoms with Crippen LogP contribution in [-0.2, 0) is 44.5 Å². The molecule has 5 unspecified atom stereocenters. The fourth-order valence-corrected chi connectivity index (χ4v) is 6.53. The number of hydrogen-bond donors (Lipinski definition) is 3. The van der Waals surface area contributed by atoms with E-state index in [1.807, 2.05) is 32.0 Å². The Balaban J connectivity index is 2.36. The molecule has 1 fully saturated rings. The van der Waals surface area contributed by atoms with Gasteiger partial charge in [0, 0.05) is 32.6 Å². The lowest BCUT2D eigenvalue weighted by Crippen LogP contribution is -2.48. The highest BCUT2D eigenvalue weighted by Gasteiger charge is 2.43. The highest BCUT2D eigenvalue weighted by molar-refractivity contribution is 5.83. The van der Waals surface area contributed by atoms with Gasteiger partial charge in [-0.05, 0) is 95.2 Å². The molecule has 0 radical (unpaired) electrons. The number of benzene rings is 1. The Morgan fingerprint density at radius 1 is 0.898 bits per heavy atom. The number of nitrogens with two attached hydrogens (primary N) is 1. The summed E-state index contributed by atoms with van der Waals surface area (Å²) in [6.07, 6.45) is 0.0149. The number of primary amides is 1. The molecule has 0 bridgehead atoms. The molecule has 0 aromatic heterocycles. The average molecular weight is 837 g/mol. The van der Waals surface area contributed by atoms with Crippen LogP contribution in [0.3, 0.4) is 0 Å². The number of nitrogens with one attached hydrogen (secondary N) is 2. The van der Waals surface area contributed by atoms with Crippen LogP contribution in [0.2, 0.25) is 0 Å². The van der Waals surface area contributed by atoms with Crippen LogP contribution in [-0.4, -0.2) is 106 Å². The Bertz CT molecular complexity index is 1530. The Morgan fingerprint density at radius 2 is 1.58 bits per heavy atom. The second-order valence-electron chi connectivity index (χ2n) is 17.9. The minimum atomic E-state index is -1.05. The van der Waals surface area contributed by atoms with Crippen molar-refractivity contribution in [3.05, 3.63) is 23.8 Å². The van der Waals surface area contributed by atoms with Crippen LogP contribution < -0.4 is 25.8 Å². The zero-order chi connectivity index (χ0) is 44.7. The summed E-state index contributed by atoms with van der Waals surface area (Å²) in [6, 6.07) is 4.27. The SMILES string of the molecule is COCCCOc1cc(CC(CC2C(CC(C(=O)NCC(C)(C)C(N)=O)C(C)C)OCN2C(=O)OCOC(=O)C(NC(=O)OC(C)(C)C)C(C)C)C(C)C)ccc1OC. The van der Waals surface area contributed by atoms with Crippen molar-refractivity contribution in [3.63, 3.8) is 0 Å². The van der Waals surface area contributed by atoms with Gasteiger partial charge < -0.3 is 49.5 Å². The monoisotopic (exact) mass is 837 g/mol. The molecule has 2 rings (SSSR count). The third-order valence-corrected chi connectivity index (χ3v) is 10.4. The molecule has 16 heteroatoms. The number of carbonyl (C=O) groups is 5. The molecular formula is C43H72N4O12. The number of rotatable bonds is 23. The first-order valence-corrected chi connectivity index (χ1v) is 20.6. The maximum Gasteiger partial charge on any atom is 0.414 e. The molecule has 336 valence electrons. The summed E-state index contributed by atoms with van der Waals surface area (Å²) in [7, 11) is 3.24. The number of ether oxygens (including phenoxy) is 7. The fraction of sp³-hybridized carbons (Fsp3) is 0.744. The first-order chi connectivity index (χ1) is 27.5. The number of esters is 1. The number of methoxy groups -OCH3 is 2. The normalized spacial score (nSPS) is 17.3. The number of nitrogens with zero attached hydrogens (tertiary/aromatic N) is 1. The van der Waals surface area contributed by atoms with Crippen molar-refractivity contribution in [2.45, 2.75) is 126 Å². The van der Waals surface area contributed by atoms with Gasteiger partial charge in [0.15, 0.2) is 11.5 Å². The fourth-order valence-electron chi connectivity index (χ4n) is 6.53. The maximum absolute atomic E-state index is 13.8. The van der Waals surface area contributed by atoms with Gasteiger partial charge in [-0.15, -0.1) is 0 Å². The molecule has 1 aromatic rings. The zero-order valence-corrected chi connectivity index (χ0v) is 37.6. The van der Waals surface area contributed by atoms with E-state index >= 15 is 0 Å². The van der Waals surface area contributed by atoms with Gasteiger partial charge in [0.25, 0.3) is 0 Å². The van der Waals surface area contributed by atoms with Gasteiger partial charge >= 0.3 is 18.2 Å². The van der Waals surface area contributed by atoms with Gasteiger partial charge in [-0.1, -0.05) is 47.6 Å². The van der Waals surface area contributed by atoms with Crippen molar-refractivity contribution in [1.82, 2.24) is 15.5 Å². The van der Waals surface area contributed by atoms with Gasteiger partial charge in [0.1, 0.15) is 18.4 Å². The molecule has 59 heavy (non-hydrogen) atoms. The van der Waals surface area contributed by atoms with E-state index in [2.05, 4.69) is 24.5 Å². The van der Waals surface area contributed by atoms with Crippen LogP contribution in [0.15, 0.2) is 18.2 Å². The Morgan fingerprint density at radius 3 is 2.14 bits per heavy atom. The van der Waals surface area contributed by atoms with Crippen LogP contribution in [0.1, 0.15) is 101 Å². The van der Waals surface area contributed by atoms with Crippen molar-refractivity contribution in [1.29, 1.82) is 0 Å². The lowest BCUT2D eigenvalue weighted by Gasteiger charge is -2.33. The highest BCUT2D eigenvalue weighted by Crippen LogP contribution is 2.36. The molecule has 1 aliphatic heterocycles. The molecule has 16 nitrogen and oxygen atoms in total. The van der Waals surface area contributed by atoms with Crippen molar-refractivity contribution < 1.29 is 57.1 Å². The largest absolute Gasteiger partial charge is 0.493 e. The molecular weight excluding hydrogens is 764 g/mol. The number of alkyl carbamates (subject to hydrolysis) is 1. The van der Waals surface area contributed by atoms with E-state index in [0.29, 0.717) is 44.0 Å². The van der Waals surface area contributed by atoms with Crippen molar-refractivity contribution in [2.75, 3.05) is 47.5 Å². The van der Waals surface area contributed by atoms with Gasteiger partial charge in [0.05, 0.1) is 31.3 Å². The molecule has 0 saturated carbocycles. The smallest absolute Gasteiger partial charge is 0.414 e. The predicted molar refractivity (Wildman–Crippen MR) is 221 cm³/mol. The summed E-state index contributed by atoms with van der Waals surface area (Å²) in [5.41, 5.74) is 4.85. The lowest BCUT2D eigenvalue weighted by atomic mass is 9.80. The molecule has 1 aliphatic rings. The van der Waals surface area contributed by atoms with E-state index in [9.17, 15) is 24.0 Å². The first-order valence-electron chi connectivity index (χ1n) is 20.6. The highest BCUT2D eigenvalue weighted by atomic mass is 16.7. The van der Waals surface area contributed by atoms with Crippen molar-refractivity contribution in [2.24, 2.45) is 40.7 Å². The van der Waals surface area contributed by atoms with E-state index in [-0.39, 0.29) is 49.3 Å². The van der Waals surface area contributed by atoms with E-state index in [4.69, 9.17) is 38.9 Å². The molecule has 4 amide bonds. The summed E-state index contributed by atoms with van der Waals surface area (Å²) >= 11 is 0. The average Bonchev–Trinajstić information content (AvgIpc) is 3.54. The topological polar surface area (TPSA) is 203 Å². The third kappa shape index (κ3) is 16.7. The van der Waals surface area contributed by atoms with Gasteiger partial charge in [-0.2, -0.15) is 0 Å². The molecule has 0 aliphatic carbocycles. The molecule has 1 saturated heterocycles. The maximum atomic E-state index is 13.8. The second kappa shape index (κ2) is 23.5.